The topological polar surface area (TPSA) is 41.6 Å². The summed E-state index contributed by atoms with van der Waals surface area (Å²) >= 11 is 0. The molecule has 0 bridgehead atoms. The summed E-state index contributed by atoms with van der Waals surface area (Å²) in [5.74, 6) is -0.195. The van der Waals surface area contributed by atoms with Crippen LogP contribution in [0.4, 0.5) is 24.5 Å². The van der Waals surface area contributed by atoms with Gasteiger partial charge in [0.05, 0.1) is 11.4 Å². The maximum Gasteiger partial charge on any atom is 0.411 e. The molecule has 2 rings (SSSR count). The number of carbonyl (C=O) groups excluding carboxylic acids is 1. The molecule has 0 saturated heterocycles. The third-order valence-corrected chi connectivity index (χ3v) is 3.83. The summed E-state index contributed by atoms with van der Waals surface area (Å²) in [7, 11) is 0. The first-order valence-electron chi connectivity index (χ1n) is 7.54. The van der Waals surface area contributed by atoms with E-state index in [1.807, 2.05) is 26.0 Å². The van der Waals surface area contributed by atoms with Gasteiger partial charge in [-0.25, -0.2) is 0 Å². The largest absolute Gasteiger partial charge is 0.411 e. The Balaban J connectivity index is 2.18. The number of carbonyl (C=O) groups is 1. The van der Waals surface area contributed by atoms with Gasteiger partial charge in [-0.3, -0.25) is 4.79 Å². The molecule has 4 nitrogen and oxygen atoms in total. The fraction of sp³-hybridized carbons (Fsp3) is 0.562. The summed E-state index contributed by atoms with van der Waals surface area (Å²) in [5, 5.41) is 3.36. The van der Waals surface area contributed by atoms with Crippen molar-refractivity contribution >= 4 is 17.3 Å². The molecule has 2 unspecified atom stereocenters. The van der Waals surface area contributed by atoms with E-state index in [1.165, 1.54) is 11.8 Å². The van der Waals surface area contributed by atoms with Crippen LogP contribution in [0.3, 0.4) is 0 Å². The average molecular weight is 330 g/mol. The lowest BCUT2D eigenvalue weighted by Crippen LogP contribution is -2.50. The standard InChI is InChI=1S/C16H21F3N2O2/c1-10(2)13-8-21(14-7-5-4-6-12(14)20-13)15(22)11(3)23-9-16(17,18)19/h4-7,10-11,13,20H,8-9H2,1-3H3. The molecule has 1 aromatic rings. The highest BCUT2D eigenvalue weighted by molar-refractivity contribution is 6.00. The number of halogens is 3. The van der Waals surface area contributed by atoms with Gasteiger partial charge >= 0.3 is 6.18 Å². The monoisotopic (exact) mass is 330 g/mol. The van der Waals surface area contributed by atoms with Crippen LogP contribution in [0.15, 0.2) is 24.3 Å². The van der Waals surface area contributed by atoms with Crippen molar-refractivity contribution in [1.29, 1.82) is 0 Å². The quantitative estimate of drug-likeness (QED) is 0.919. The van der Waals surface area contributed by atoms with Gasteiger partial charge in [0, 0.05) is 12.6 Å². The fourth-order valence-corrected chi connectivity index (χ4v) is 2.47. The Morgan fingerprint density at radius 2 is 2.00 bits per heavy atom. The lowest BCUT2D eigenvalue weighted by atomic mass is 9.99. The normalized spacial score (nSPS) is 19.3. The molecule has 0 radical (unpaired) electrons. The number of para-hydroxylation sites is 2. The van der Waals surface area contributed by atoms with E-state index >= 15 is 0 Å². The highest BCUT2D eigenvalue weighted by Crippen LogP contribution is 2.33. The number of nitrogens with zero attached hydrogens (tertiary/aromatic N) is 1. The van der Waals surface area contributed by atoms with Gasteiger partial charge < -0.3 is 15.0 Å². The Hall–Kier alpha value is -1.76. The Kier molecular flexibility index (Phi) is 5.19. The molecule has 2 atom stereocenters. The molecule has 0 fully saturated rings. The first-order chi connectivity index (χ1) is 10.7. The number of alkyl halides is 3. The number of anilines is 2. The van der Waals surface area contributed by atoms with Crippen molar-refractivity contribution in [2.75, 3.05) is 23.4 Å². The van der Waals surface area contributed by atoms with Crippen LogP contribution >= 0.6 is 0 Å². The molecule has 128 valence electrons. The molecular formula is C16H21F3N2O2. The van der Waals surface area contributed by atoms with Crippen molar-refractivity contribution in [3.8, 4) is 0 Å². The van der Waals surface area contributed by atoms with Crippen LogP contribution < -0.4 is 10.2 Å². The molecular weight excluding hydrogens is 309 g/mol. The van der Waals surface area contributed by atoms with Crippen LogP contribution in [-0.2, 0) is 9.53 Å². The molecule has 1 amide bonds. The van der Waals surface area contributed by atoms with E-state index in [4.69, 9.17) is 4.74 Å². The number of amides is 1. The molecule has 1 aliphatic heterocycles. The molecule has 1 heterocycles. The first kappa shape index (κ1) is 17.6. The number of ether oxygens (including phenoxy) is 1. The molecule has 1 aromatic carbocycles. The van der Waals surface area contributed by atoms with E-state index in [2.05, 4.69) is 5.32 Å². The first-order valence-corrected chi connectivity index (χ1v) is 7.54. The summed E-state index contributed by atoms with van der Waals surface area (Å²) in [5.41, 5.74) is 1.46. The molecule has 23 heavy (non-hydrogen) atoms. The Labute approximate surface area is 133 Å². The van der Waals surface area contributed by atoms with Gasteiger partial charge in [-0.05, 0) is 25.0 Å². The third kappa shape index (κ3) is 4.37. The minimum absolute atomic E-state index is 0.0312. The third-order valence-electron chi connectivity index (χ3n) is 3.83. The van der Waals surface area contributed by atoms with Gasteiger partial charge in [0.15, 0.2) is 0 Å². The van der Waals surface area contributed by atoms with Gasteiger partial charge in [-0.2, -0.15) is 13.2 Å². The van der Waals surface area contributed by atoms with Crippen molar-refractivity contribution in [2.24, 2.45) is 5.92 Å². The highest BCUT2D eigenvalue weighted by atomic mass is 19.4. The van der Waals surface area contributed by atoms with Crippen LogP contribution in [-0.4, -0.2) is 37.4 Å². The second kappa shape index (κ2) is 6.78. The van der Waals surface area contributed by atoms with Crippen LogP contribution in [0, 0.1) is 5.92 Å². The van der Waals surface area contributed by atoms with E-state index < -0.39 is 24.8 Å². The van der Waals surface area contributed by atoms with Crippen molar-refractivity contribution in [3.63, 3.8) is 0 Å². The van der Waals surface area contributed by atoms with Crippen LogP contribution in [0.25, 0.3) is 0 Å². The smallest absolute Gasteiger partial charge is 0.379 e. The van der Waals surface area contributed by atoms with Crippen molar-refractivity contribution in [3.05, 3.63) is 24.3 Å². The summed E-state index contributed by atoms with van der Waals surface area (Å²) < 4.78 is 41.5. The predicted octanol–water partition coefficient (Wildman–Crippen LogP) is 3.44. The van der Waals surface area contributed by atoms with Gasteiger partial charge in [0.2, 0.25) is 0 Å². The molecule has 0 aromatic heterocycles. The van der Waals surface area contributed by atoms with E-state index in [0.717, 1.165) is 5.69 Å². The van der Waals surface area contributed by atoms with E-state index in [1.54, 1.807) is 12.1 Å². The van der Waals surface area contributed by atoms with Crippen LogP contribution in [0.5, 0.6) is 0 Å². The van der Waals surface area contributed by atoms with Crippen LogP contribution in [0.2, 0.25) is 0 Å². The molecule has 0 saturated carbocycles. The zero-order valence-corrected chi connectivity index (χ0v) is 13.4. The molecule has 0 spiro atoms. The summed E-state index contributed by atoms with van der Waals surface area (Å²) in [6.45, 7) is 4.37. The number of nitrogens with one attached hydrogen (secondary N) is 1. The maximum atomic E-state index is 12.6. The Morgan fingerprint density at radius 3 is 2.61 bits per heavy atom. The Bertz CT molecular complexity index is 561. The zero-order valence-electron chi connectivity index (χ0n) is 13.4. The predicted molar refractivity (Wildman–Crippen MR) is 82.5 cm³/mol. The van der Waals surface area contributed by atoms with E-state index in [0.29, 0.717) is 12.2 Å². The van der Waals surface area contributed by atoms with Crippen molar-refractivity contribution in [2.45, 2.75) is 39.1 Å². The summed E-state index contributed by atoms with van der Waals surface area (Å²) in [4.78, 5) is 14.1. The van der Waals surface area contributed by atoms with Crippen LogP contribution in [0.1, 0.15) is 20.8 Å². The van der Waals surface area contributed by atoms with Gasteiger partial charge in [-0.15, -0.1) is 0 Å². The number of hydrogen-bond donors (Lipinski definition) is 1. The summed E-state index contributed by atoms with van der Waals surface area (Å²) in [6, 6.07) is 7.29. The van der Waals surface area contributed by atoms with Gasteiger partial charge in [-0.1, -0.05) is 26.0 Å². The second-order valence-electron chi connectivity index (χ2n) is 6.03. The minimum atomic E-state index is -4.45. The molecule has 1 aliphatic rings. The van der Waals surface area contributed by atoms with Gasteiger partial charge in [0.25, 0.3) is 5.91 Å². The molecule has 1 N–H and O–H groups in total. The average Bonchev–Trinajstić information content (AvgIpc) is 2.50. The maximum absolute atomic E-state index is 12.6. The molecule has 7 heteroatoms. The highest BCUT2D eigenvalue weighted by Gasteiger charge is 2.34. The lowest BCUT2D eigenvalue weighted by molar-refractivity contribution is -0.185. The zero-order chi connectivity index (χ0) is 17.2. The lowest BCUT2D eigenvalue weighted by Gasteiger charge is -2.38. The van der Waals surface area contributed by atoms with E-state index in [9.17, 15) is 18.0 Å². The fourth-order valence-electron chi connectivity index (χ4n) is 2.47. The second-order valence-corrected chi connectivity index (χ2v) is 6.03. The van der Waals surface area contributed by atoms with Crippen molar-refractivity contribution in [1.82, 2.24) is 0 Å². The summed E-state index contributed by atoms with van der Waals surface area (Å²) in [6.07, 6.45) is -5.60. The number of benzene rings is 1. The van der Waals surface area contributed by atoms with Crippen molar-refractivity contribution < 1.29 is 22.7 Å². The van der Waals surface area contributed by atoms with E-state index in [-0.39, 0.29) is 12.0 Å². The minimum Gasteiger partial charge on any atom is -0.379 e. The van der Waals surface area contributed by atoms with Gasteiger partial charge in [0.1, 0.15) is 12.7 Å². The SMILES string of the molecule is CC(OCC(F)(F)F)C(=O)N1CC(C(C)C)Nc2ccccc21. The number of hydrogen-bond acceptors (Lipinski definition) is 3. The molecule has 0 aliphatic carbocycles. The Morgan fingerprint density at radius 1 is 1.35 bits per heavy atom. The number of rotatable bonds is 4. The number of fused-ring (bicyclic) bond motifs is 1.